The van der Waals surface area contributed by atoms with Crippen LogP contribution in [0, 0.1) is 78.2 Å². The van der Waals surface area contributed by atoms with E-state index in [0.717, 1.165) is 139 Å². The normalized spacial score (nSPS) is 35.0. The standard InChI is InChI=1S/C16H24N2O2.3C15H19N3O.C15H20N2O2.C14H20N2O.CH4/c1-11-13-5-4-12-10-18(3)17-14(12)15(13,2)6-7-16(11)19-8-9-20-16;1-9-12-5-4-10-8-18(3)17-14(10)15(12,2)6-11-7-16-19-13(9)11;2*1-9-11-6-5-10-8-18(4)17-14(10)15(11,2)7-12(16-3)13(9)19;1-9-12-5-4-10-7-17(3)16-14(10)15(12,2)6-11(8-18)13(9)19;1-9-11-5-4-10-8-16(3)15-13(10)14(11,2)7-6-12(9)17;/h10-11,13H,4-9H2,1-3H3;7-9,12H,4-6H2,1-3H3;2*8-9,11,19H,5-7H2,1-2,4H3;7-9,12,18H,4-6H2,1-3H3;8-9,11H,4-7H2,1-3H3;1H4/b;;;;11-8-;;/t11-,13-,15-;9-,12-,15-;2*9-,11-,15-;9-,12-,15-;9-,11-,14-;/m000000./s1/i;;;;;;1T. The molecule has 4 fully saturated rings. The van der Waals surface area contributed by atoms with Gasteiger partial charge in [0.2, 0.25) is 11.4 Å². The van der Waals surface area contributed by atoms with Crippen LogP contribution in [0.3, 0.4) is 0 Å². The number of nitrogens with zero attached hydrogens (tertiary/aromatic N) is 15. The van der Waals surface area contributed by atoms with Crippen molar-refractivity contribution < 1.29 is 40.3 Å². The topological polar surface area (TPSA) is 255 Å². The van der Waals surface area contributed by atoms with E-state index in [9.17, 15) is 24.9 Å². The van der Waals surface area contributed by atoms with Crippen molar-refractivity contribution in [1.29, 1.82) is 0 Å². The van der Waals surface area contributed by atoms with Crippen molar-refractivity contribution in [2.75, 3.05) is 13.2 Å². The van der Waals surface area contributed by atoms with Crippen LogP contribution < -0.4 is 0 Å². The van der Waals surface area contributed by atoms with Gasteiger partial charge in [0.15, 0.2) is 11.6 Å². The molecule has 0 amide bonds. The van der Waals surface area contributed by atoms with E-state index >= 15 is 0 Å². The van der Waals surface area contributed by atoms with E-state index < -0.39 is 0 Å². The van der Waals surface area contributed by atoms with Crippen LogP contribution in [0.15, 0.2) is 82.6 Å². The van der Waals surface area contributed by atoms with E-state index in [4.69, 9.17) is 38.7 Å². The van der Waals surface area contributed by atoms with Crippen LogP contribution in [0.25, 0.3) is 9.69 Å². The molecule has 7 aromatic heterocycles. The Morgan fingerprint density at radius 2 is 0.781 bits per heavy atom. The first kappa shape index (κ1) is 80.5. The fraction of sp³-hybridized carbons (Fsp3) is 0.659. The lowest BCUT2D eigenvalue weighted by Gasteiger charge is -2.53. The molecule has 1 saturated heterocycles. The van der Waals surface area contributed by atoms with Crippen LogP contribution in [0.5, 0.6) is 0 Å². The number of hydrogen-bond acceptors (Lipinski definition) is 15. The number of aryl methyl sites for hydroxylation is 12. The van der Waals surface area contributed by atoms with Crippen molar-refractivity contribution in [2.24, 2.45) is 107 Å². The number of ketones is 2. The second-order valence-electron chi connectivity index (χ2n) is 38.0. The molecule has 0 unspecified atom stereocenters. The third kappa shape index (κ3) is 13.3. The molecule has 0 radical (unpaired) electrons. The fourth-order valence-electron chi connectivity index (χ4n) is 25.4. The molecule has 3 N–H and O–H groups in total. The predicted octanol–water partition coefficient (Wildman–Crippen LogP) is 16.1. The molecule has 1 aliphatic heterocycles. The van der Waals surface area contributed by atoms with Gasteiger partial charge in [0.25, 0.3) is 0 Å². The van der Waals surface area contributed by atoms with Crippen molar-refractivity contribution >= 4 is 11.6 Å². The summed E-state index contributed by atoms with van der Waals surface area (Å²) < 4.78 is 34.8. The van der Waals surface area contributed by atoms with E-state index in [-0.39, 0.29) is 67.7 Å². The zero-order valence-corrected chi connectivity index (χ0v) is 71.2. The van der Waals surface area contributed by atoms with Gasteiger partial charge in [-0.2, -0.15) is 30.6 Å². The molecule has 0 bridgehead atoms. The Bertz CT molecular complexity index is 4930. The molecule has 8 heterocycles. The lowest BCUT2D eigenvalue weighted by Crippen LogP contribution is -2.55. The lowest BCUT2D eigenvalue weighted by molar-refractivity contribution is -0.234. The minimum atomic E-state index is -0.309. The summed E-state index contributed by atoms with van der Waals surface area (Å²) >= 11 is 0. The highest BCUT2D eigenvalue weighted by molar-refractivity contribution is 5.98. The summed E-state index contributed by atoms with van der Waals surface area (Å²) in [5.41, 5.74) is 18.4. The summed E-state index contributed by atoms with van der Waals surface area (Å²) in [6.45, 7) is 42.5. The number of rotatable bonds is 0. The summed E-state index contributed by atoms with van der Waals surface area (Å²) in [7, 11) is 13.1. The number of Topliss-reactive ketones (excluding diaryl/α,β-unsaturated/α-hetero) is 2. The van der Waals surface area contributed by atoms with Crippen LogP contribution in [-0.4, -0.2) is 110 Å². The Balaban J connectivity index is 0.000000114. The zero-order chi connectivity index (χ0) is 82.7. The summed E-state index contributed by atoms with van der Waals surface area (Å²) in [6.07, 6.45) is 35.5. The second kappa shape index (κ2) is 30.1. The lowest BCUT2D eigenvalue weighted by atomic mass is 9.55. The number of carbonyl (C=O) groups excluding carboxylic acids is 2. The molecular formula is C91H125N15O8. The molecule has 7 aromatic rings. The second-order valence-corrected chi connectivity index (χ2v) is 38.0. The van der Waals surface area contributed by atoms with E-state index in [1.165, 1.54) is 76.3 Å². The number of ether oxygens (including phenoxy) is 2. The maximum Gasteiger partial charge on any atom is 0.203 e. The molecule has 3 saturated carbocycles. The highest BCUT2D eigenvalue weighted by atomic mass is 16.7. The van der Waals surface area contributed by atoms with Gasteiger partial charge >= 0.3 is 0 Å². The van der Waals surface area contributed by atoms with Crippen LogP contribution in [0.1, 0.15) is 260 Å². The van der Waals surface area contributed by atoms with Gasteiger partial charge in [-0.15, -0.1) is 0 Å². The maximum atomic E-state index is 12.2. The van der Waals surface area contributed by atoms with Crippen LogP contribution in [0.4, 0.5) is 0 Å². The fourth-order valence-corrected chi connectivity index (χ4v) is 25.4. The number of carbonyl (C=O) groups is 2. The average Bonchev–Trinajstić information content (AvgIpc) is 1.70. The first-order valence-electron chi connectivity index (χ1n) is 43.0. The SMILES string of the molecule is C[C@@H]1C(=O)/C(=C\O)C[C@]2(C)c3nn(C)cc3CC[C@@H]12.C[C@@H]1C(=O)CC[C@]2(C)c3nn(C)cc3CC[C@@H]12.C[C@@H]1c2oncc2C[C@]2(C)c3nn(C)cc3CC[C@@H]12.C[C@H]1[C@@H]2CCc3cn(C)nc3[C@@]2(C)CCC12OCCO2.[3H]C.[C-]#[N+]C1=C(O)[C@@H](C)[C@@H]2CCc3cn(C)nc3[C@@]2(C)C1.[C-]#[N+]C1=C(O)[C@@H](C)[C@@H]2CCc3cn(C)nc3[C@@]2(C)C1. The van der Waals surface area contributed by atoms with Gasteiger partial charge in [0.05, 0.1) is 84.5 Å². The molecule has 20 rings (SSSR count). The Labute approximate surface area is 675 Å². The zero-order valence-electron chi connectivity index (χ0n) is 72.2. The van der Waals surface area contributed by atoms with Gasteiger partial charge in [-0.3, -0.25) is 37.7 Å². The van der Waals surface area contributed by atoms with Gasteiger partial charge in [-0.1, -0.05) is 95.6 Å². The number of aliphatic hydroxyl groups is 3. The molecule has 13 aliphatic rings. The summed E-state index contributed by atoms with van der Waals surface area (Å²) in [4.78, 5) is 31.2. The smallest absolute Gasteiger partial charge is 0.203 e. The highest BCUT2D eigenvalue weighted by Gasteiger charge is 2.60. The number of hydrogen-bond donors (Lipinski definition) is 3. The van der Waals surface area contributed by atoms with Crippen molar-refractivity contribution in [2.45, 2.75) is 263 Å². The quantitative estimate of drug-likeness (QED) is 0.0725. The molecule has 612 valence electrons. The van der Waals surface area contributed by atoms with E-state index in [0.29, 0.717) is 101 Å². The van der Waals surface area contributed by atoms with Gasteiger partial charge < -0.3 is 29.3 Å². The molecule has 0 aromatic carbocycles. The molecule has 23 nitrogen and oxygen atoms in total. The first-order valence-corrected chi connectivity index (χ1v) is 42.0. The van der Waals surface area contributed by atoms with Crippen molar-refractivity contribution in [3.05, 3.63) is 180 Å². The van der Waals surface area contributed by atoms with Crippen molar-refractivity contribution in [3.8, 4) is 0 Å². The molecular weight excluding hydrogens is 1430 g/mol. The number of allylic oxidation sites excluding steroid dienone is 5. The minimum absolute atomic E-state index is 0.0349. The number of aliphatic hydroxyl groups excluding tert-OH is 3. The van der Waals surface area contributed by atoms with E-state index in [1.54, 1.807) is 0 Å². The van der Waals surface area contributed by atoms with Gasteiger partial charge in [-0.25, -0.2) is 9.69 Å². The molecule has 23 heteroatoms. The monoisotopic (exact) mass is 1560 g/mol. The Kier molecular flexibility index (Phi) is 21.3. The molecule has 114 heavy (non-hydrogen) atoms. The van der Waals surface area contributed by atoms with Crippen molar-refractivity contribution in [1.82, 2.24) is 63.8 Å². The summed E-state index contributed by atoms with van der Waals surface area (Å²) in [6, 6.07) is 0. The number of aromatic nitrogens is 13. The van der Waals surface area contributed by atoms with E-state index in [1.807, 2.05) is 97.3 Å². The Hall–Kier alpha value is -8.67. The van der Waals surface area contributed by atoms with Crippen LogP contribution in [0.2, 0.25) is 0 Å². The maximum absolute atomic E-state index is 12.2. The van der Waals surface area contributed by atoms with E-state index in [2.05, 4.69) is 135 Å². The molecule has 18 atom stereocenters. The van der Waals surface area contributed by atoms with Crippen molar-refractivity contribution in [3.63, 3.8) is 0 Å². The highest BCUT2D eigenvalue weighted by Crippen LogP contribution is 2.60. The predicted molar refractivity (Wildman–Crippen MR) is 436 cm³/mol. The number of fused-ring (bicyclic) bond motifs is 19. The molecule has 12 aliphatic carbocycles. The van der Waals surface area contributed by atoms with Gasteiger partial charge in [0.1, 0.15) is 11.5 Å². The third-order valence-electron chi connectivity index (χ3n) is 31.3. The first-order chi connectivity index (χ1) is 54.6. The van der Waals surface area contributed by atoms with Crippen LogP contribution >= 0.6 is 0 Å². The van der Waals surface area contributed by atoms with Gasteiger partial charge in [0, 0.05) is 173 Å². The Morgan fingerprint density at radius 3 is 1.17 bits per heavy atom. The minimum Gasteiger partial charge on any atom is -0.523 e. The summed E-state index contributed by atoms with van der Waals surface area (Å²) in [5.74, 6) is 5.89. The Morgan fingerprint density at radius 1 is 0.447 bits per heavy atom. The summed E-state index contributed by atoms with van der Waals surface area (Å²) in [5, 5.41) is 61.9. The molecule has 1 spiro atoms. The third-order valence-corrected chi connectivity index (χ3v) is 31.3. The van der Waals surface area contributed by atoms with Crippen LogP contribution in [-0.2, 0) is 139 Å². The average molecular weight is 1560 g/mol. The largest absolute Gasteiger partial charge is 0.523 e. The van der Waals surface area contributed by atoms with Gasteiger partial charge in [-0.05, 0) is 184 Å².